The van der Waals surface area contributed by atoms with E-state index in [0.29, 0.717) is 13.1 Å². The van der Waals surface area contributed by atoms with E-state index in [4.69, 9.17) is 4.74 Å². The van der Waals surface area contributed by atoms with Crippen LogP contribution in [0.4, 0.5) is 10.6 Å². The maximum Gasteiger partial charge on any atom is 0.315 e. The molecule has 1 aliphatic rings. The highest BCUT2D eigenvalue weighted by molar-refractivity contribution is 5.73. The van der Waals surface area contributed by atoms with Crippen molar-refractivity contribution in [2.45, 2.75) is 13.1 Å². The number of carbonyl (C=O) groups is 1. The molecular weight excluding hydrogens is 342 g/mol. The van der Waals surface area contributed by atoms with Gasteiger partial charge >= 0.3 is 6.03 Å². The van der Waals surface area contributed by atoms with Crippen LogP contribution in [0.2, 0.25) is 0 Å². The number of piperazine rings is 1. The van der Waals surface area contributed by atoms with E-state index in [1.165, 1.54) is 0 Å². The highest BCUT2D eigenvalue weighted by Gasteiger charge is 2.15. The number of nitrogens with one attached hydrogen (secondary N) is 2. The molecule has 1 fully saturated rings. The molecule has 3 rings (SSSR count). The Kier molecular flexibility index (Phi) is 6.49. The average Bonchev–Trinajstić information content (AvgIpc) is 2.72. The monoisotopic (exact) mass is 369 g/mol. The van der Waals surface area contributed by atoms with Crippen LogP contribution in [-0.4, -0.2) is 56.3 Å². The predicted octanol–water partition coefficient (Wildman–Crippen LogP) is 1.84. The SMILES string of the molecule is COc1ccc(CNC(=O)NCc2ccnc(N3CCN(C)CC3)c2)cc1. The van der Waals surface area contributed by atoms with Gasteiger partial charge in [0.1, 0.15) is 11.6 Å². The van der Waals surface area contributed by atoms with E-state index >= 15 is 0 Å². The average molecular weight is 369 g/mol. The van der Waals surface area contributed by atoms with Crippen LogP contribution in [0.5, 0.6) is 5.75 Å². The van der Waals surface area contributed by atoms with E-state index in [9.17, 15) is 4.79 Å². The molecule has 2 N–H and O–H groups in total. The first-order valence-corrected chi connectivity index (χ1v) is 9.17. The van der Waals surface area contributed by atoms with E-state index in [-0.39, 0.29) is 6.03 Å². The summed E-state index contributed by atoms with van der Waals surface area (Å²) < 4.78 is 5.13. The normalized spacial score (nSPS) is 14.7. The lowest BCUT2D eigenvalue weighted by atomic mass is 10.2. The second-order valence-electron chi connectivity index (χ2n) is 6.70. The number of carbonyl (C=O) groups excluding carboxylic acids is 1. The number of pyridine rings is 1. The molecule has 0 unspecified atom stereocenters. The van der Waals surface area contributed by atoms with Crippen LogP contribution in [0, 0.1) is 0 Å². The number of benzene rings is 1. The molecule has 2 heterocycles. The molecule has 27 heavy (non-hydrogen) atoms. The molecule has 144 valence electrons. The zero-order valence-corrected chi connectivity index (χ0v) is 15.9. The Morgan fingerprint density at radius 1 is 1.04 bits per heavy atom. The lowest BCUT2D eigenvalue weighted by molar-refractivity contribution is 0.240. The topological polar surface area (TPSA) is 69.7 Å². The highest BCUT2D eigenvalue weighted by atomic mass is 16.5. The number of likely N-dealkylation sites (N-methyl/N-ethyl adjacent to an activating group) is 1. The van der Waals surface area contributed by atoms with Crippen molar-refractivity contribution < 1.29 is 9.53 Å². The van der Waals surface area contributed by atoms with E-state index in [0.717, 1.165) is 48.9 Å². The van der Waals surface area contributed by atoms with Crippen LogP contribution in [0.1, 0.15) is 11.1 Å². The third kappa shape index (κ3) is 5.59. The number of nitrogens with zero attached hydrogens (tertiary/aromatic N) is 3. The molecule has 1 saturated heterocycles. The van der Waals surface area contributed by atoms with E-state index < -0.39 is 0 Å². The fourth-order valence-electron chi connectivity index (χ4n) is 2.95. The van der Waals surface area contributed by atoms with Gasteiger partial charge in [0.15, 0.2) is 0 Å². The zero-order valence-electron chi connectivity index (χ0n) is 15.9. The summed E-state index contributed by atoms with van der Waals surface area (Å²) in [4.78, 5) is 21.1. The first kappa shape index (κ1) is 19.0. The van der Waals surface area contributed by atoms with Crippen molar-refractivity contribution in [2.24, 2.45) is 0 Å². The minimum absolute atomic E-state index is 0.191. The maximum absolute atomic E-state index is 12.1. The van der Waals surface area contributed by atoms with Gasteiger partial charge in [-0.15, -0.1) is 0 Å². The van der Waals surface area contributed by atoms with Crippen LogP contribution in [0.15, 0.2) is 42.6 Å². The Balaban J connectivity index is 1.46. The fraction of sp³-hybridized carbons (Fsp3) is 0.400. The smallest absolute Gasteiger partial charge is 0.315 e. The van der Waals surface area contributed by atoms with Gasteiger partial charge in [0.25, 0.3) is 0 Å². The Morgan fingerprint density at radius 2 is 1.70 bits per heavy atom. The molecule has 0 saturated carbocycles. The third-order valence-corrected chi connectivity index (χ3v) is 4.70. The van der Waals surface area contributed by atoms with Gasteiger partial charge in [0, 0.05) is 45.5 Å². The molecule has 2 aromatic rings. The van der Waals surface area contributed by atoms with Gasteiger partial charge in [0.2, 0.25) is 0 Å². The van der Waals surface area contributed by atoms with Gasteiger partial charge in [0.05, 0.1) is 7.11 Å². The van der Waals surface area contributed by atoms with Crippen molar-refractivity contribution in [3.05, 3.63) is 53.7 Å². The van der Waals surface area contributed by atoms with Crippen LogP contribution >= 0.6 is 0 Å². The summed E-state index contributed by atoms with van der Waals surface area (Å²) in [5.74, 6) is 1.78. The standard InChI is InChI=1S/C20H27N5O2/c1-24-9-11-25(12-10-24)19-13-17(7-8-21-19)15-23-20(26)22-14-16-3-5-18(27-2)6-4-16/h3-8,13H,9-12,14-15H2,1-2H3,(H2,22,23,26). The largest absolute Gasteiger partial charge is 0.497 e. The van der Waals surface area contributed by atoms with Crippen molar-refractivity contribution in [1.82, 2.24) is 20.5 Å². The molecular formula is C20H27N5O2. The van der Waals surface area contributed by atoms with Crippen molar-refractivity contribution in [3.8, 4) is 5.75 Å². The van der Waals surface area contributed by atoms with Crippen molar-refractivity contribution in [1.29, 1.82) is 0 Å². The number of ether oxygens (including phenoxy) is 1. The van der Waals surface area contributed by atoms with E-state index in [2.05, 4.69) is 38.5 Å². The quantitative estimate of drug-likeness (QED) is 0.813. The summed E-state index contributed by atoms with van der Waals surface area (Å²) >= 11 is 0. The number of hydrogen-bond acceptors (Lipinski definition) is 5. The number of hydrogen-bond donors (Lipinski definition) is 2. The molecule has 7 nitrogen and oxygen atoms in total. The van der Waals surface area contributed by atoms with Gasteiger partial charge in [-0.2, -0.15) is 0 Å². The zero-order chi connectivity index (χ0) is 19.1. The molecule has 2 amide bonds. The van der Waals surface area contributed by atoms with E-state index in [1.807, 2.05) is 30.3 Å². The summed E-state index contributed by atoms with van der Waals surface area (Å²) in [7, 11) is 3.77. The number of aromatic nitrogens is 1. The highest BCUT2D eigenvalue weighted by Crippen LogP contribution is 2.15. The molecule has 7 heteroatoms. The van der Waals surface area contributed by atoms with Crippen LogP contribution < -0.4 is 20.3 Å². The Labute approximate surface area is 160 Å². The molecule has 1 aliphatic heterocycles. The molecule has 0 bridgehead atoms. The van der Waals surface area contributed by atoms with Crippen LogP contribution in [-0.2, 0) is 13.1 Å². The van der Waals surface area contributed by atoms with Crippen molar-refractivity contribution >= 4 is 11.8 Å². The summed E-state index contributed by atoms with van der Waals surface area (Å²) in [6, 6.07) is 11.4. The van der Waals surface area contributed by atoms with Gasteiger partial charge in [-0.3, -0.25) is 0 Å². The number of anilines is 1. The Bertz CT molecular complexity index is 742. The minimum Gasteiger partial charge on any atom is -0.497 e. The number of methoxy groups -OCH3 is 1. The van der Waals surface area contributed by atoms with Crippen LogP contribution in [0.25, 0.3) is 0 Å². The predicted molar refractivity (Wildman–Crippen MR) is 106 cm³/mol. The molecule has 1 aromatic carbocycles. The van der Waals surface area contributed by atoms with E-state index in [1.54, 1.807) is 13.3 Å². The Hall–Kier alpha value is -2.80. The third-order valence-electron chi connectivity index (χ3n) is 4.70. The molecule has 0 aliphatic carbocycles. The lowest BCUT2D eigenvalue weighted by Gasteiger charge is -2.33. The second kappa shape index (κ2) is 9.23. The molecule has 0 radical (unpaired) electrons. The number of urea groups is 1. The Morgan fingerprint density at radius 3 is 2.37 bits per heavy atom. The van der Waals surface area contributed by atoms with Gasteiger partial charge < -0.3 is 25.2 Å². The van der Waals surface area contributed by atoms with Crippen molar-refractivity contribution in [2.75, 3.05) is 45.2 Å². The summed E-state index contributed by atoms with van der Waals surface area (Å²) in [6.07, 6.45) is 1.81. The minimum atomic E-state index is -0.191. The fourth-order valence-corrected chi connectivity index (χ4v) is 2.95. The van der Waals surface area contributed by atoms with Gasteiger partial charge in [-0.05, 0) is 42.4 Å². The first-order chi connectivity index (χ1) is 13.1. The number of rotatable bonds is 6. The molecule has 0 spiro atoms. The molecule has 0 atom stereocenters. The molecule has 1 aromatic heterocycles. The van der Waals surface area contributed by atoms with Crippen LogP contribution in [0.3, 0.4) is 0 Å². The first-order valence-electron chi connectivity index (χ1n) is 9.17. The number of amides is 2. The van der Waals surface area contributed by atoms with Gasteiger partial charge in [-0.25, -0.2) is 9.78 Å². The summed E-state index contributed by atoms with van der Waals surface area (Å²) in [6.45, 7) is 4.97. The lowest BCUT2D eigenvalue weighted by Crippen LogP contribution is -2.44. The second-order valence-corrected chi connectivity index (χ2v) is 6.70. The van der Waals surface area contributed by atoms with Crippen molar-refractivity contribution in [3.63, 3.8) is 0 Å². The van der Waals surface area contributed by atoms with Gasteiger partial charge in [-0.1, -0.05) is 12.1 Å². The summed E-state index contributed by atoms with van der Waals surface area (Å²) in [5.41, 5.74) is 2.06. The maximum atomic E-state index is 12.1. The summed E-state index contributed by atoms with van der Waals surface area (Å²) in [5, 5.41) is 5.77.